The Hall–Kier alpha value is -1.52. The first kappa shape index (κ1) is 13.9. The summed E-state index contributed by atoms with van der Waals surface area (Å²) in [4.78, 5) is 14.0. The maximum absolute atomic E-state index is 13.8. The number of rotatable bonds is 4. The average Bonchev–Trinajstić information content (AvgIpc) is 3.19. The molecule has 0 N–H and O–H groups in total. The molecule has 1 aromatic carbocycles. The minimum atomic E-state index is -1.50. The summed E-state index contributed by atoms with van der Waals surface area (Å²) in [6.45, 7) is 4.70. The van der Waals surface area contributed by atoms with E-state index in [0.29, 0.717) is 25.9 Å². The third-order valence-electron chi connectivity index (χ3n) is 3.76. The number of carbonyl (C=O) groups is 1. The normalized spacial score (nSPS) is 16.3. The number of amides is 1. The number of hydrogen-bond acceptors (Lipinski definition) is 1. The van der Waals surface area contributed by atoms with Crippen LogP contribution < -0.4 is 0 Å². The van der Waals surface area contributed by atoms with Gasteiger partial charge in [0.05, 0.1) is 5.41 Å². The van der Waals surface area contributed by atoms with E-state index in [0.717, 1.165) is 6.07 Å². The molecule has 1 amide bonds. The number of hydrogen-bond donors (Lipinski definition) is 0. The van der Waals surface area contributed by atoms with E-state index in [1.165, 1.54) is 6.07 Å². The zero-order chi connectivity index (χ0) is 14.2. The van der Waals surface area contributed by atoms with Gasteiger partial charge in [-0.15, -0.1) is 0 Å². The van der Waals surface area contributed by atoms with Gasteiger partial charge in [0, 0.05) is 18.7 Å². The van der Waals surface area contributed by atoms with Crippen LogP contribution in [0.4, 0.5) is 13.2 Å². The topological polar surface area (TPSA) is 20.3 Å². The predicted octanol–water partition coefficient (Wildman–Crippen LogP) is 3.00. The molecule has 2 rings (SSSR count). The van der Waals surface area contributed by atoms with Crippen molar-refractivity contribution in [1.29, 1.82) is 0 Å². The minimum Gasteiger partial charge on any atom is -0.342 e. The Kier molecular flexibility index (Phi) is 3.56. The molecule has 1 aromatic rings. The van der Waals surface area contributed by atoms with Gasteiger partial charge in [0.1, 0.15) is 0 Å². The molecule has 5 heteroatoms. The van der Waals surface area contributed by atoms with Crippen LogP contribution in [0.25, 0.3) is 0 Å². The average molecular weight is 271 g/mol. The highest BCUT2D eigenvalue weighted by atomic mass is 19.2. The summed E-state index contributed by atoms with van der Waals surface area (Å²) in [5.41, 5.74) is -1.02. The molecule has 0 heterocycles. The standard InChI is InChI=1S/C14H16F3NO/c1-3-18(4-2)13(19)14(7-8-14)9-5-6-10(15)12(17)11(9)16/h5-6H,3-4,7-8H2,1-2H3. The van der Waals surface area contributed by atoms with Crippen molar-refractivity contribution in [3.8, 4) is 0 Å². The van der Waals surface area contributed by atoms with Crippen LogP contribution in [-0.2, 0) is 10.2 Å². The number of likely N-dealkylation sites (N-methyl/N-ethyl adjacent to an activating group) is 1. The molecule has 19 heavy (non-hydrogen) atoms. The first-order valence-corrected chi connectivity index (χ1v) is 6.41. The minimum absolute atomic E-state index is 0.0247. The van der Waals surface area contributed by atoms with Crippen molar-refractivity contribution in [2.75, 3.05) is 13.1 Å². The largest absolute Gasteiger partial charge is 0.342 e. The zero-order valence-electron chi connectivity index (χ0n) is 11.0. The summed E-state index contributed by atoms with van der Waals surface area (Å²) in [5, 5.41) is 0. The van der Waals surface area contributed by atoms with E-state index < -0.39 is 22.9 Å². The molecular weight excluding hydrogens is 255 g/mol. The quantitative estimate of drug-likeness (QED) is 0.771. The van der Waals surface area contributed by atoms with Crippen LogP contribution >= 0.6 is 0 Å². The first-order valence-electron chi connectivity index (χ1n) is 6.41. The van der Waals surface area contributed by atoms with Crippen LogP contribution in [0.1, 0.15) is 32.3 Å². The monoisotopic (exact) mass is 271 g/mol. The van der Waals surface area contributed by atoms with Crippen molar-refractivity contribution in [1.82, 2.24) is 4.90 Å². The second-order valence-corrected chi connectivity index (χ2v) is 4.78. The van der Waals surface area contributed by atoms with Gasteiger partial charge >= 0.3 is 0 Å². The van der Waals surface area contributed by atoms with Crippen LogP contribution in [0.15, 0.2) is 12.1 Å². The molecule has 0 radical (unpaired) electrons. The summed E-state index contributed by atoms with van der Waals surface area (Å²) in [5.74, 6) is -4.18. The third kappa shape index (κ3) is 2.11. The molecule has 0 aliphatic heterocycles. The number of halogens is 3. The first-order chi connectivity index (χ1) is 8.97. The van der Waals surface area contributed by atoms with Crippen LogP contribution in [0, 0.1) is 17.5 Å². The van der Waals surface area contributed by atoms with Gasteiger partial charge in [-0.1, -0.05) is 6.07 Å². The molecule has 0 aromatic heterocycles. The molecule has 0 saturated heterocycles. The van der Waals surface area contributed by atoms with Crippen LogP contribution in [0.3, 0.4) is 0 Å². The van der Waals surface area contributed by atoms with E-state index in [4.69, 9.17) is 0 Å². The van der Waals surface area contributed by atoms with E-state index in [1.54, 1.807) is 4.90 Å². The van der Waals surface area contributed by atoms with E-state index >= 15 is 0 Å². The fourth-order valence-corrected chi connectivity index (χ4v) is 2.43. The Balaban J connectivity index is 2.41. The van der Waals surface area contributed by atoms with Gasteiger partial charge in [-0.3, -0.25) is 4.79 Å². The Labute approximate surface area is 110 Å². The molecule has 0 unspecified atom stereocenters. The Morgan fingerprint density at radius 2 is 1.74 bits per heavy atom. The van der Waals surface area contributed by atoms with Crippen molar-refractivity contribution < 1.29 is 18.0 Å². The van der Waals surface area contributed by atoms with E-state index in [-0.39, 0.29) is 11.5 Å². The fraction of sp³-hybridized carbons (Fsp3) is 0.500. The van der Waals surface area contributed by atoms with Gasteiger partial charge < -0.3 is 4.90 Å². The number of benzene rings is 1. The Bertz CT molecular complexity index is 508. The number of nitrogens with zero attached hydrogens (tertiary/aromatic N) is 1. The summed E-state index contributed by atoms with van der Waals surface area (Å²) in [6, 6.07) is 2.06. The predicted molar refractivity (Wildman–Crippen MR) is 65.2 cm³/mol. The highest BCUT2D eigenvalue weighted by Crippen LogP contribution is 2.50. The summed E-state index contributed by atoms with van der Waals surface area (Å²) in [7, 11) is 0. The molecule has 0 atom stereocenters. The van der Waals surface area contributed by atoms with Crippen molar-refractivity contribution in [3.63, 3.8) is 0 Å². The second kappa shape index (κ2) is 4.87. The highest BCUT2D eigenvalue weighted by molar-refractivity contribution is 5.91. The van der Waals surface area contributed by atoms with Crippen molar-refractivity contribution >= 4 is 5.91 Å². The van der Waals surface area contributed by atoms with Crippen molar-refractivity contribution in [2.24, 2.45) is 0 Å². The van der Waals surface area contributed by atoms with Gasteiger partial charge in [-0.25, -0.2) is 13.2 Å². The molecule has 1 fully saturated rings. The molecule has 1 aliphatic carbocycles. The third-order valence-corrected chi connectivity index (χ3v) is 3.76. The molecule has 1 saturated carbocycles. The van der Waals surface area contributed by atoms with Gasteiger partial charge in [-0.05, 0) is 32.8 Å². The van der Waals surface area contributed by atoms with E-state index in [9.17, 15) is 18.0 Å². The van der Waals surface area contributed by atoms with Gasteiger partial charge in [0.2, 0.25) is 5.91 Å². The highest BCUT2D eigenvalue weighted by Gasteiger charge is 2.54. The van der Waals surface area contributed by atoms with Gasteiger partial charge in [0.15, 0.2) is 17.5 Å². The summed E-state index contributed by atoms with van der Waals surface area (Å²) >= 11 is 0. The van der Waals surface area contributed by atoms with Crippen molar-refractivity contribution in [2.45, 2.75) is 32.1 Å². The maximum Gasteiger partial charge on any atom is 0.233 e. The lowest BCUT2D eigenvalue weighted by Gasteiger charge is -2.25. The van der Waals surface area contributed by atoms with Crippen LogP contribution in [-0.4, -0.2) is 23.9 Å². The van der Waals surface area contributed by atoms with Gasteiger partial charge in [-0.2, -0.15) is 0 Å². The second-order valence-electron chi connectivity index (χ2n) is 4.78. The molecule has 0 bridgehead atoms. The Morgan fingerprint density at radius 1 is 1.16 bits per heavy atom. The van der Waals surface area contributed by atoms with Crippen LogP contribution in [0.5, 0.6) is 0 Å². The Morgan fingerprint density at radius 3 is 2.21 bits per heavy atom. The fourth-order valence-electron chi connectivity index (χ4n) is 2.43. The van der Waals surface area contributed by atoms with Gasteiger partial charge in [0.25, 0.3) is 0 Å². The maximum atomic E-state index is 13.8. The van der Waals surface area contributed by atoms with E-state index in [2.05, 4.69) is 0 Å². The lowest BCUT2D eigenvalue weighted by Crippen LogP contribution is -2.39. The lowest BCUT2D eigenvalue weighted by molar-refractivity contribution is -0.133. The van der Waals surface area contributed by atoms with Crippen LogP contribution in [0.2, 0.25) is 0 Å². The molecule has 0 spiro atoms. The summed E-state index contributed by atoms with van der Waals surface area (Å²) < 4.78 is 40.1. The smallest absolute Gasteiger partial charge is 0.233 e. The lowest BCUT2D eigenvalue weighted by atomic mass is 9.93. The molecule has 104 valence electrons. The molecule has 1 aliphatic rings. The molecule has 2 nitrogen and oxygen atoms in total. The molecular formula is C14H16F3NO. The SMILES string of the molecule is CCN(CC)C(=O)C1(c2ccc(F)c(F)c2F)CC1. The zero-order valence-corrected chi connectivity index (χ0v) is 11.0. The van der Waals surface area contributed by atoms with Crippen molar-refractivity contribution in [3.05, 3.63) is 35.1 Å². The summed E-state index contributed by atoms with van der Waals surface area (Å²) in [6.07, 6.45) is 0.953. The van der Waals surface area contributed by atoms with E-state index in [1.807, 2.05) is 13.8 Å². The number of carbonyl (C=O) groups excluding carboxylic acids is 1.